The third kappa shape index (κ3) is 2.47. The number of aromatic nitrogens is 2. The number of terminal acetylenes is 1. The second-order valence-corrected chi connectivity index (χ2v) is 5.01. The summed E-state index contributed by atoms with van der Waals surface area (Å²) in [6.07, 6.45) is 5.29. The summed E-state index contributed by atoms with van der Waals surface area (Å²) in [5.74, 6) is 2.61. The van der Waals surface area contributed by atoms with Crippen LogP contribution in [0.1, 0.15) is 13.8 Å². The molecule has 0 radical (unpaired) electrons. The number of nitrogens with zero attached hydrogens (tertiary/aromatic N) is 2. The highest BCUT2D eigenvalue weighted by Crippen LogP contribution is 2.22. The van der Waals surface area contributed by atoms with Gasteiger partial charge in [0, 0.05) is 0 Å². The van der Waals surface area contributed by atoms with Crippen molar-refractivity contribution >= 4 is 32.4 Å². The van der Waals surface area contributed by atoms with Crippen LogP contribution in [0.3, 0.4) is 0 Å². The lowest BCUT2D eigenvalue weighted by Crippen LogP contribution is -2.28. The van der Waals surface area contributed by atoms with Crippen LogP contribution in [-0.4, -0.2) is 15.7 Å². The molecule has 0 saturated heterocycles. The van der Waals surface area contributed by atoms with E-state index in [1.165, 1.54) is 11.3 Å². The molecule has 1 aromatic rings. The lowest BCUT2D eigenvalue weighted by Gasteiger charge is -2.17. The molecule has 0 aliphatic rings. The Morgan fingerprint density at radius 2 is 2.25 bits per heavy atom. The summed E-state index contributed by atoms with van der Waals surface area (Å²) in [5.41, 5.74) is -0.376. The van der Waals surface area contributed by atoms with Gasteiger partial charge in [0.05, 0.1) is 5.54 Å². The van der Waals surface area contributed by atoms with Gasteiger partial charge < -0.3 is 5.32 Å². The Hall–Kier alpha value is -0.600. The average molecular weight is 246 g/mol. The first-order valence-corrected chi connectivity index (χ1v) is 4.89. The van der Waals surface area contributed by atoms with Crippen molar-refractivity contribution in [3.05, 3.63) is 3.92 Å². The first kappa shape index (κ1) is 9.49. The second kappa shape index (κ2) is 3.42. The highest BCUT2D eigenvalue weighted by Gasteiger charge is 2.15. The van der Waals surface area contributed by atoms with Gasteiger partial charge in [-0.1, -0.05) is 17.3 Å². The summed E-state index contributed by atoms with van der Waals surface area (Å²) in [5, 5.41) is 11.4. The summed E-state index contributed by atoms with van der Waals surface area (Å²) < 4.78 is 0.748. The molecule has 1 aromatic heterocycles. The zero-order valence-corrected chi connectivity index (χ0v) is 9.16. The molecule has 1 rings (SSSR count). The molecular formula is C7H8BrN3S. The minimum Gasteiger partial charge on any atom is -0.344 e. The van der Waals surface area contributed by atoms with Crippen LogP contribution >= 0.6 is 27.3 Å². The van der Waals surface area contributed by atoms with Crippen molar-refractivity contribution in [3.63, 3.8) is 0 Å². The molecule has 0 bridgehead atoms. The number of hydrogen-bond acceptors (Lipinski definition) is 4. The number of rotatable bonds is 2. The van der Waals surface area contributed by atoms with E-state index < -0.39 is 0 Å². The normalized spacial score (nSPS) is 10.8. The monoisotopic (exact) mass is 245 g/mol. The van der Waals surface area contributed by atoms with Gasteiger partial charge in [0.15, 0.2) is 3.92 Å². The molecule has 0 fully saturated rings. The highest BCUT2D eigenvalue weighted by molar-refractivity contribution is 9.11. The Balaban J connectivity index is 2.72. The fraction of sp³-hybridized carbons (Fsp3) is 0.429. The van der Waals surface area contributed by atoms with E-state index in [4.69, 9.17) is 6.42 Å². The van der Waals surface area contributed by atoms with Gasteiger partial charge in [-0.05, 0) is 29.8 Å². The molecular weight excluding hydrogens is 238 g/mol. The SMILES string of the molecule is C#CC(C)(C)Nc1nnc(Br)s1. The molecule has 1 N–H and O–H groups in total. The van der Waals surface area contributed by atoms with Crippen LogP contribution in [0.2, 0.25) is 0 Å². The quantitative estimate of drug-likeness (QED) is 0.812. The molecule has 0 aliphatic heterocycles. The molecule has 0 unspecified atom stereocenters. The predicted octanol–water partition coefficient (Wildman–Crippen LogP) is 2.12. The van der Waals surface area contributed by atoms with Crippen molar-refractivity contribution < 1.29 is 0 Å². The Bertz CT molecular complexity index is 313. The summed E-state index contributed by atoms with van der Waals surface area (Å²) in [4.78, 5) is 0. The van der Waals surface area contributed by atoms with Crippen LogP contribution < -0.4 is 5.32 Å². The summed E-state index contributed by atoms with van der Waals surface area (Å²) in [6.45, 7) is 3.81. The molecule has 0 atom stereocenters. The van der Waals surface area contributed by atoms with E-state index in [1.54, 1.807) is 0 Å². The van der Waals surface area contributed by atoms with Crippen LogP contribution in [0.4, 0.5) is 5.13 Å². The zero-order valence-electron chi connectivity index (χ0n) is 6.76. The Kier molecular flexibility index (Phi) is 2.70. The second-order valence-electron chi connectivity index (χ2n) is 2.75. The van der Waals surface area contributed by atoms with Crippen LogP contribution in [0, 0.1) is 12.3 Å². The lowest BCUT2D eigenvalue weighted by molar-refractivity contribution is 0.737. The van der Waals surface area contributed by atoms with E-state index in [1.807, 2.05) is 13.8 Å². The van der Waals surface area contributed by atoms with Gasteiger partial charge in [0.2, 0.25) is 5.13 Å². The van der Waals surface area contributed by atoms with E-state index >= 15 is 0 Å². The van der Waals surface area contributed by atoms with E-state index in [-0.39, 0.29) is 5.54 Å². The lowest BCUT2D eigenvalue weighted by atomic mass is 10.1. The minimum atomic E-state index is -0.376. The van der Waals surface area contributed by atoms with Crippen molar-refractivity contribution in [2.75, 3.05) is 5.32 Å². The smallest absolute Gasteiger partial charge is 0.207 e. The van der Waals surface area contributed by atoms with Crippen LogP contribution in [-0.2, 0) is 0 Å². The first-order valence-electron chi connectivity index (χ1n) is 3.28. The molecule has 12 heavy (non-hydrogen) atoms. The van der Waals surface area contributed by atoms with E-state index in [9.17, 15) is 0 Å². The Morgan fingerprint density at radius 3 is 2.67 bits per heavy atom. The fourth-order valence-corrected chi connectivity index (χ4v) is 1.73. The first-order chi connectivity index (χ1) is 5.53. The van der Waals surface area contributed by atoms with Gasteiger partial charge in [-0.15, -0.1) is 16.6 Å². The largest absolute Gasteiger partial charge is 0.344 e. The minimum absolute atomic E-state index is 0.376. The number of halogens is 1. The molecule has 0 spiro atoms. The summed E-state index contributed by atoms with van der Waals surface area (Å²) in [7, 11) is 0. The molecule has 0 saturated carbocycles. The fourth-order valence-electron chi connectivity index (χ4n) is 0.559. The van der Waals surface area contributed by atoms with Gasteiger partial charge in [-0.25, -0.2) is 0 Å². The van der Waals surface area contributed by atoms with Crippen molar-refractivity contribution in [1.29, 1.82) is 0 Å². The number of hydrogen-bond donors (Lipinski definition) is 1. The van der Waals surface area contributed by atoms with Gasteiger partial charge in [0.1, 0.15) is 0 Å². The third-order valence-corrected chi connectivity index (χ3v) is 2.45. The van der Waals surface area contributed by atoms with E-state index in [0.717, 1.165) is 9.05 Å². The number of anilines is 1. The topological polar surface area (TPSA) is 37.8 Å². The maximum atomic E-state index is 5.29. The molecule has 5 heteroatoms. The van der Waals surface area contributed by atoms with E-state index in [2.05, 4.69) is 37.4 Å². The van der Waals surface area contributed by atoms with Crippen molar-refractivity contribution in [3.8, 4) is 12.3 Å². The van der Waals surface area contributed by atoms with Crippen molar-refractivity contribution in [1.82, 2.24) is 10.2 Å². The maximum absolute atomic E-state index is 5.29. The molecule has 3 nitrogen and oxygen atoms in total. The molecule has 0 amide bonds. The molecule has 0 aliphatic carbocycles. The van der Waals surface area contributed by atoms with Crippen LogP contribution in [0.15, 0.2) is 3.92 Å². The van der Waals surface area contributed by atoms with Crippen molar-refractivity contribution in [2.24, 2.45) is 0 Å². The molecule has 1 heterocycles. The summed E-state index contributed by atoms with van der Waals surface area (Å²) >= 11 is 4.63. The zero-order chi connectivity index (χ0) is 9.19. The maximum Gasteiger partial charge on any atom is 0.207 e. The molecule has 64 valence electrons. The van der Waals surface area contributed by atoms with Crippen LogP contribution in [0.5, 0.6) is 0 Å². The van der Waals surface area contributed by atoms with Crippen LogP contribution in [0.25, 0.3) is 0 Å². The Labute approximate surface area is 83.7 Å². The standard InChI is InChI=1S/C7H8BrN3S/c1-4-7(2,3)9-6-11-10-5(8)12-6/h1H,2-3H3,(H,9,11). The third-order valence-electron chi connectivity index (χ3n) is 1.18. The van der Waals surface area contributed by atoms with Gasteiger partial charge in [-0.3, -0.25) is 0 Å². The van der Waals surface area contributed by atoms with E-state index in [0.29, 0.717) is 0 Å². The average Bonchev–Trinajstić information content (AvgIpc) is 2.35. The highest BCUT2D eigenvalue weighted by atomic mass is 79.9. The number of nitrogens with one attached hydrogen (secondary N) is 1. The van der Waals surface area contributed by atoms with Gasteiger partial charge in [-0.2, -0.15) is 0 Å². The van der Waals surface area contributed by atoms with Crippen molar-refractivity contribution in [2.45, 2.75) is 19.4 Å². The predicted molar refractivity (Wildman–Crippen MR) is 54.1 cm³/mol. The van der Waals surface area contributed by atoms with Gasteiger partial charge in [0.25, 0.3) is 0 Å². The van der Waals surface area contributed by atoms with Gasteiger partial charge >= 0.3 is 0 Å². The Morgan fingerprint density at radius 1 is 1.58 bits per heavy atom. The molecule has 0 aromatic carbocycles. The summed E-state index contributed by atoms with van der Waals surface area (Å²) in [6, 6.07) is 0.